The van der Waals surface area contributed by atoms with Gasteiger partial charge in [-0.15, -0.1) is 0 Å². The van der Waals surface area contributed by atoms with Gasteiger partial charge >= 0.3 is 0 Å². The van der Waals surface area contributed by atoms with E-state index in [0.717, 1.165) is 10.4 Å². The molecule has 0 saturated carbocycles. The van der Waals surface area contributed by atoms with Gasteiger partial charge in [-0.05, 0) is 41.8 Å². The second-order valence-corrected chi connectivity index (χ2v) is 5.97. The first-order chi connectivity index (χ1) is 8.19. The van der Waals surface area contributed by atoms with Gasteiger partial charge in [0, 0.05) is 19.8 Å². The Labute approximate surface area is 110 Å². The molecule has 0 atom stereocenters. The maximum absolute atomic E-state index is 9.80. The number of aliphatic hydroxyl groups is 1. The average Bonchev–Trinajstić information content (AvgIpc) is 2.18. The molecular weight excluding hydrogens is 222 g/mol. The summed E-state index contributed by atoms with van der Waals surface area (Å²) >= 11 is 0. The van der Waals surface area contributed by atoms with Gasteiger partial charge in [0.05, 0.1) is 5.60 Å². The van der Waals surface area contributed by atoms with Crippen LogP contribution in [0.1, 0.15) is 39.2 Å². The summed E-state index contributed by atoms with van der Waals surface area (Å²) in [5.74, 6) is 0.511. The molecule has 2 nitrogen and oxygen atoms in total. The van der Waals surface area contributed by atoms with Crippen molar-refractivity contribution in [3.63, 3.8) is 0 Å². The Hall–Kier alpha value is -1.28. The van der Waals surface area contributed by atoms with Gasteiger partial charge < -0.3 is 10.0 Å². The lowest BCUT2D eigenvalue weighted by Crippen LogP contribution is -2.36. The van der Waals surface area contributed by atoms with Gasteiger partial charge in [0.25, 0.3) is 0 Å². The quantitative estimate of drug-likeness (QED) is 0.875. The van der Waals surface area contributed by atoms with E-state index >= 15 is 0 Å². The van der Waals surface area contributed by atoms with Crippen LogP contribution >= 0.6 is 0 Å². The number of hydrogen-bond acceptors (Lipinski definition) is 2. The molecule has 1 aromatic rings. The van der Waals surface area contributed by atoms with Crippen molar-refractivity contribution in [2.24, 2.45) is 0 Å². The van der Waals surface area contributed by atoms with Crippen molar-refractivity contribution in [3.05, 3.63) is 34.2 Å². The number of likely N-dealkylation sites (N-methyl/N-ethyl adjacent to an activating group) is 1. The summed E-state index contributed by atoms with van der Waals surface area (Å²) < 4.78 is 0. The molecule has 0 aliphatic carbocycles. The average molecular weight is 247 g/mol. The smallest absolute Gasteiger partial charge is 0.0765 e. The van der Waals surface area contributed by atoms with Gasteiger partial charge in [-0.3, -0.25) is 0 Å². The molecule has 1 N–H and O–H groups in total. The SMILES string of the molecule is C=c1ccc(C(C)C)c/c1=C/N(C)CC(C)(C)O. The number of nitrogens with zero attached hydrogens (tertiary/aromatic N) is 1. The van der Waals surface area contributed by atoms with Gasteiger partial charge in [0.1, 0.15) is 0 Å². The third-order valence-electron chi connectivity index (χ3n) is 2.83. The molecule has 2 heteroatoms. The summed E-state index contributed by atoms with van der Waals surface area (Å²) in [7, 11) is 1.97. The highest BCUT2D eigenvalue weighted by molar-refractivity contribution is 5.30. The van der Waals surface area contributed by atoms with Crippen LogP contribution in [0.3, 0.4) is 0 Å². The van der Waals surface area contributed by atoms with Crippen LogP contribution in [0.5, 0.6) is 0 Å². The lowest BCUT2D eigenvalue weighted by atomic mass is 10.0. The maximum Gasteiger partial charge on any atom is 0.0765 e. The largest absolute Gasteiger partial charge is 0.389 e. The van der Waals surface area contributed by atoms with Crippen molar-refractivity contribution in [3.8, 4) is 0 Å². The third-order valence-corrected chi connectivity index (χ3v) is 2.83. The minimum atomic E-state index is -0.692. The zero-order valence-electron chi connectivity index (χ0n) is 12.2. The van der Waals surface area contributed by atoms with Crippen molar-refractivity contribution >= 4 is 12.8 Å². The molecule has 0 bridgehead atoms. The van der Waals surface area contributed by atoms with Crippen LogP contribution in [0, 0.1) is 0 Å². The molecule has 0 heterocycles. The molecule has 1 rings (SSSR count). The summed E-state index contributed by atoms with van der Waals surface area (Å²) in [4.78, 5) is 2.01. The number of rotatable bonds is 4. The Balaban J connectivity index is 3.08. The molecule has 0 aliphatic rings. The Bertz CT molecular complexity index is 497. The zero-order chi connectivity index (χ0) is 13.9. The van der Waals surface area contributed by atoms with E-state index in [1.54, 1.807) is 0 Å². The number of hydrogen-bond donors (Lipinski definition) is 1. The fraction of sp³-hybridized carbons (Fsp3) is 0.500. The molecule has 0 aromatic heterocycles. The minimum absolute atomic E-state index is 0.511. The highest BCUT2D eigenvalue weighted by Crippen LogP contribution is 2.09. The summed E-state index contributed by atoms with van der Waals surface area (Å²) in [6.45, 7) is 12.6. The lowest BCUT2D eigenvalue weighted by molar-refractivity contribution is 0.0605. The van der Waals surface area contributed by atoms with Crippen LogP contribution in [0.25, 0.3) is 12.8 Å². The Morgan fingerprint density at radius 1 is 1.39 bits per heavy atom. The van der Waals surface area contributed by atoms with E-state index in [-0.39, 0.29) is 0 Å². The van der Waals surface area contributed by atoms with Crippen molar-refractivity contribution in [1.29, 1.82) is 0 Å². The highest BCUT2D eigenvalue weighted by atomic mass is 16.3. The van der Waals surface area contributed by atoms with Crippen LogP contribution in [-0.4, -0.2) is 29.2 Å². The first-order valence-corrected chi connectivity index (χ1v) is 6.42. The van der Waals surface area contributed by atoms with Crippen molar-refractivity contribution in [2.75, 3.05) is 13.6 Å². The first kappa shape index (κ1) is 14.8. The fourth-order valence-electron chi connectivity index (χ4n) is 1.99. The van der Waals surface area contributed by atoms with E-state index in [1.807, 2.05) is 32.0 Å². The Morgan fingerprint density at radius 2 is 2.00 bits per heavy atom. The molecule has 18 heavy (non-hydrogen) atoms. The maximum atomic E-state index is 9.80. The summed E-state index contributed by atoms with van der Waals surface area (Å²) in [6, 6.07) is 6.35. The monoisotopic (exact) mass is 247 g/mol. The fourth-order valence-corrected chi connectivity index (χ4v) is 1.99. The van der Waals surface area contributed by atoms with E-state index in [2.05, 4.69) is 38.6 Å². The first-order valence-electron chi connectivity index (χ1n) is 6.42. The highest BCUT2D eigenvalue weighted by Gasteiger charge is 2.13. The molecule has 0 fully saturated rings. The van der Waals surface area contributed by atoms with E-state index in [4.69, 9.17) is 0 Å². The molecule has 0 amide bonds. The lowest BCUT2D eigenvalue weighted by Gasteiger charge is -2.24. The third kappa shape index (κ3) is 4.53. The van der Waals surface area contributed by atoms with Crippen LogP contribution < -0.4 is 10.4 Å². The molecule has 0 spiro atoms. The van der Waals surface area contributed by atoms with Crippen molar-refractivity contribution in [1.82, 2.24) is 4.90 Å². The standard InChI is InChI=1S/C16H25NO/c1-12(2)14-8-7-13(3)15(9-14)10-17(6)11-16(4,5)18/h7-10,12,18H,3,11H2,1-2,4-6H3/b15-10-. The molecule has 0 radical (unpaired) electrons. The van der Waals surface area contributed by atoms with Gasteiger partial charge in [0.2, 0.25) is 0 Å². The van der Waals surface area contributed by atoms with Crippen LogP contribution in [0.2, 0.25) is 0 Å². The summed E-state index contributed by atoms with van der Waals surface area (Å²) in [5.41, 5.74) is 0.618. The van der Waals surface area contributed by atoms with Crippen LogP contribution in [0.4, 0.5) is 0 Å². The predicted molar refractivity (Wildman–Crippen MR) is 78.7 cm³/mol. The predicted octanol–water partition coefficient (Wildman–Crippen LogP) is 1.66. The van der Waals surface area contributed by atoms with Crippen molar-refractivity contribution < 1.29 is 5.11 Å². The van der Waals surface area contributed by atoms with Crippen LogP contribution in [-0.2, 0) is 0 Å². The van der Waals surface area contributed by atoms with Gasteiger partial charge in [-0.25, -0.2) is 0 Å². The van der Waals surface area contributed by atoms with Gasteiger partial charge in [-0.2, -0.15) is 0 Å². The van der Waals surface area contributed by atoms with Crippen molar-refractivity contribution in [2.45, 2.75) is 39.2 Å². The normalized spacial score (nSPS) is 13.2. The van der Waals surface area contributed by atoms with E-state index < -0.39 is 5.60 Å². The molecule has 0 unspecified atom stereocenters. The Morgan fingerprint density at radius 3 is 2.50 bits per heavy atom. The van der Waals surface area contributed by atoms with E-state index in [0.29, 0.717) is 12.5 Å². The molecule has 1 aromatic carbocycles. The van der Waals surface area contributed by atoms with Gasteiger partial charge in [-0.1, -0.05) is 32.6 Å². The van der Waals surface area contributed by atoms with E-state index in [9.17, 15) is 5.11 Å². The second-order valence-electron chi connectivity index (χ2n) is 5.97. The minimum Gasteiger partial charge on any atom is -0.389 e. The summed E-state index contributed by atoms with van der Waals surface area (Å²) in [6.07, 6.45) is 2.05. The van der Waals surface area contributed by atoms with E-state index in [1.165, 1.54) is 5.56 Å². The summed E-state index contributed by atoms with van der Waals surface area (Å²) in [5, 5.41) is 11.9. The topological polar surface area (TPSA) is 23.5 Å². The van der Waals surface area contributed by atoms with Gasteiger partial charge in [0.15, 0.2) is 0 Å². The number of benzene rings is 1. The molecule has 100 valence electrons. The molecule has 0 aliphatic heterocycles. The second kappa shape index (κ2) is 5.57. The molecule has 0 saturated heterocycles. The zero-order valence-corrected chi connectivity index (χ0v) is 12.2. The molecular formula is C16H25NO. The Kier molecular flexibility index (Phi) is 4.58. The van der Waals surface area contributed by atoms with Crippen LogP contribution in [0.15, 0.2) is 18.2 Å².